The maximum atomic E-state index is 13.8. The Kier molecular flexibility index (Phi) is 4.23. The summed E-state index contributed by atoms with van der Waals surface area (Å²) in [4.78, 5) is -0.221. The van der Waals surface area contributed by atoms with E-state index >= 15 is 0 Å². The van der Waals surface area contributed by atoms with Gasteiger partial charge in [-0.2, -0.15) is 4.31 Å². The van der Waals surface area contributed by atoms with Crippen molar-refractivity contribution in [2.75, 3.05) is 19.6 Å². The SMILES string of the molecule is CCN(C1CCNC1)S(=O)(=O)c1cc(C)ccc1F. The predicted octanol–water partition coefficient (Wildman–Crippen LogP) is 1.51. The Balaban J connectivity index is 2.42. The van der Waals surface area contributed by atoms with Gasteiger partial charge < -0.3 is 5.32 Å². The minimum absolute atomic E-state index is 0.0880. The molecule has 0 spiro atoms. The zero-order chi connectivity index (χ0) is 14.0. The molecule has 1 unspecified atom stereocenters. The predicted molar refractivity (Wildman–Crippen MR) is 72.0 cm³/mol. The van der Waals surface area contributed by atoms with Crippen LogP contribution in [-0.4, -0.2) is 38.4 Å². The summed E-state index contributed by atoms with van der Waals surface area (Å²) in [5.74, 6) is -0.685. The van der Waals surface area contributed by atoms with Crippen LogP contribution >= 0.6 is 0 Å². The van der Waals surface area contributed by atoms with Crippen LogP contribution in [-0.2, 0) is 10.0 Å². The molecule has 6 heteroatoms. The second-order valence-corrected chi connectivity index (χ2v) is 6.65. The number of rotatable bonds is 4. The molecule has 0 bridgehead atoms. The first kappa shape index (κ1) is 14.4. The Morgan fingerprint density at radius 1 is 1.47 bits per heavy atom. The molecule has 0 radical (unpaired) electrons. The van der Waals surface area contributed by atoms with Gasteiger partial charge in [-0.25, -0.2) is 12.8 Å². The Morgan fingerprint density at radius 2 is 2.21 bits per heavy atom. The van der Waals surface area contributed by atoms with E-state index in [-0.39, 0.29) is 10.9 Å². The topological polar surface area (TPSA) is 49.4 Å². The minimum Gasteiger partial charge on any atom is -0.315 e. The molecule has 0 aromatic heterocycles. The lowest BCUT2D eigenvalue weighted by Gasteiger charge is -2.26. The highest BCUT2D eigenvalue weighted by Crippen LogP contribution is 2.24. The molecule has 2 rings (SSSR count). The second-order valence-electron chi connectivity index (χ2n) is 4.79. The lowest BCUT2D eigenvalue weighted by Crippen LogP contribution is -2.41. The van der Waals surface area contributed by atoms with Crippen molar-refractivity contribution in [1.82, 2.24) is 9.62 Å². The number of sulfonamides is 1. The monoisotopic (exact) mass is 286 g/mol. The first-order valence-electron chi connectivity index (χ1n) is 6.45. The summed E-state index contributed by atoms with van der Waals surface area (Å²) < 4.78 is 40.4. The van der Waals surface area contributed by atoms with Crippen molar-refractivity contribution in [3.63, 3.8) is 0 Å². The molecule has 0 saturated carbocycles. The van der Waals surface area contributed by atoms with Gasteiger partial charge >= 0.3 is 0 Å². The average molecular weight is 286 g/mol. The quantitative estimate of drug-likeness (QED) is 0.912. The number of hydrogen-bond donors (Lipinski definition) is 1. The summed E-state index contributed by atoms with van der Waals surface area (Å²) in [6.07, 6.45) is 0.764. The maximum Gasteiger partial charge on any atom is 0.246 e. The standard InChI is InChI=1S/C13H19FN2O2S/c1-3-16(11-6-7-15-9-11)19(17,18)13-8-10(2)4-5-12(13)14/h4-5,8,11,15H,3,6-7,9H2,1-2H3. The highest BCUT2D eigenvalue weighted by atomic mass is 32.2. The minimum atomic E-state index is -3.77. The fraction of sp³-hybridized carbons (Fsp3) is 0.538. The molecule has 1 heterocycles. The fourth-order valence-electron chi connectivity index (χ4n) is 2.44. The number of likely N-dealkylation sites (N-methyl/N-ethyl adjacent to an activating group) is 1. The van der Waals surface area contributed by atoms with E-state index in [1.165, 1.54) is 16.4 Å². The van der Waals surface area contributed by atoms with Crippen molar-refractivity contribution in [3.05, 3.63) is 29.6 Å². The van der Waals surface area contributed by atoms with Crippen LogP contribution in [0.25, 0.3) is 0 Å². The molecule has 1 aromatic rings. The van der Waals surface area contributed by atoms with E-state index in [4.69, 9.17) is 0 Å². The summed E-state index contributed by atoms with van der Waals surface area (Å²) in [5.41, 5.74) is 0.737. The van der Waals surface area contributed by atoms with Crippen molar-refractivity contribution in [2.45, 2.75) is 31.2 Å². The van der Waals surface area contributed by atoms with E-state index in [0.29, 0.717) is 13.1 Å². The van der Waals surface area contributed by atoms with E-state index in [0.717, 1.165) is 18.5 Å². The number of hydrogen-bond acceptors (Lipinski definition) is 3. The van der Waals surface area contributed by atoms with Crippen molar-refractivity contribution in [3.8, 4) is 0 Å². The van der Waals surface area contributed by atoms with Gasteiger partial charge in [-0.15, -0.1) is 0 Å². The Hall–Kier alpha value is -0.980. The van der Waals surface area contributed by atoms with Crippen molar-refractivity contribution in [1.29, 1.82) is 0 Å². The lowest BCUT2D eigenvalue weighted by atomic mass is 10.2. The third kappa shape index (κ3) is 2.80. The third-order valence-corrected chi connectivity index (χ3v) is 5.47. The molecule has 1 saturated heterocycles. The Labute approximate surface area is 113 Å². The van der Waals surface area contributed by atoms with E-state index in [1.54, 1.807) is 19.9 Å². The Bertz CT molecular complexity index is 554. The average Bonchev–Trinajstić information content (AvgIpc) is 2.86. The van der Waals surface area contributed by atoms with E-state index < -0.39 is 15.8 Å². The molecule has 106 valence electrons. The molecule has 1 atom stereocenters. The second kappa shape index (κ2) is 5.56. The van der Waals surface area contributed by atoms with Crippen molar-refractivity contribution in [2.24, 2.45) is 0 Å². The van der Waals surface area contributed by atoms with Gasteiger partial charge in [-0.05, 0) is 37.6 Å². The fourth-order valence-corrected chi connectivity index (χ4v) is 4.26. The van der Waals surface area contributed by atoms with E-state index in [9.17, 15) is 12.8 Å². The smallest absolute Gasteiger partial charge is 0.246 e. The van der Waals surface area contributed by atoms with Gasteiger partial charge in [-0.1, -0.05) is 13.0 Å². The van der Waals surface area contributed by atoms with E-state index in [2.05, 4.69) is 5.32 Å². The normalized spacial score (nSPS) is 20.1. The highest BCUT2D eigenvalue weighted by Gasteiger charge is 2.33. The van der Waals surface area contributed by atoms with Crippen LogP contribution in [0, 0.1) is 12.7 Å². The van der Waals surface area contributed by atoms with Crippen LogP contribution in [0.15, 0.2) is 23.1 Å². The molecule has 1 aliphatic rings. The molecular weight excluding hydrogens is 267 g/mol. The summed E-state index contributed by atoms with van der Waals surface area (Å²) in [6, 6.07) is 4.09. The number of benzene rings is 1. The van der Waals surface area contributed by atoms with Gasteiger partial charge in [0, 0.05) is 19.1 Å². The van der Waals surface area contributed by atoms with Crippen LogP contribution in [0.4, 0.5) is 4.39 Å². The van der Waals surface area contributed by atoms with Crippen molar-refractivity contribution < 1.29 is 12.8 Å². The molecule has 1 aromatic carbocycles. The molecule has 1 aliphatic heterocycles. The first-order valence-corrected chi connectivity index (χ1v) is 7.89. The molecule has 19 heavy (non-hydrogen) atoms. The Morgan fingerprint density at radius 3 is 2.79 bits per heavy atom. The molecule has 1 N–H and O–H groups in total. The number of nitrogens with one attached hydrogen (secondary N) is 1. The summed E-state index contributed by atoms with van der Waals surface area (Å²) in [6.45, 7) is 5.31. The van der Waals surface area contributed by atoms with Crippen LogP contribution in [0.1, 0.15) is 18.9 Å². The molecule has 0 amide bonds. The van der Waals surface area contributed by atoms with Gasteiger partial charge in [0.2, 0.25) is 10.0 Å². The number of nitrogens with zero attached hydrogens (tertiary/aromatic N) is 1. The molecule has 4 nitrogen and oxygen atoms in total. The number of aryl methyl sites for hydroxylation is 1. The highest BCUT2D eigenvalue weighted by molar-refractivity contribution is 7.89. The molecule has 0 aliphatic carbocycles. The number of halogens is 1. The third-order valence-electron chi connectivity index (χ3n) is 3.43. The summed E-state index contributed by atoms with van der Waals surface area (Å²) >= 11 is 0. The van der Waals surface area contributed by atoms with E-state index in [1.807, 2.05) is 0 Å². The zero-order valence-electron chi connectivity index (χ0n) is 11.2. The van der Waals surface area contributed by atoms with Crippen molar-refractivity contribution >= 4 is 10.0 Å². The maximum absolute atomic E-state index is 13.8. The molecular formula is C13H19FN2O2S. The van der Waals surface area contributed by atoms with Gasteiger partial charge in [0.05, 0.1) is 0 Å². The zero-order valence-corrected chi connectivity index (χ0v) is 12.0. The largest absolute Gasteiger partial charge is 0.315 e. The van der Waals surface area contributed by atoms with Gasteiger partial charge in [0.25, 0.3) is 0 Å². The van der Waals surface area contributed by atoms with Gasteiger partial charge in [0.1, 0.15) is 10.7 Å². The van der Waals surface area contributed by atoms with Gasteiger partial charge in [-0.3, -0.25) is 0 Å². The van der Waals surface area contributed by atoms with Crippen LogP contribution in [0.5, 0.6) is 0 Å². The van der Waals surface area contributed by atoms with Crippen LogP contribution in [0.3, 0.4) is 0 Å². The lowest BCUT2D eigenvalue weighted by molar-refractivity contribution is 0.347. The molecule has 1 fully saturated rings. The summed E-state index contributed by atoms with van der Waals surface area (Å²) in [5, 5.41) is 3.14. The summed E-state index contributed by atoms with van der Waals surface area (Å²) in [7, 11) is -3.77. The van der Waals surface area contributed by atoms with Crippen LogP contribution < -0.4 is 5.32 Å². The van der Waals surface area contributed by atoms with Gasteiger partial charge in [0.15, 0.2) is 0 Å². The first-order chi connectivity index (χ1) is 8.96. The van der Waals surface area contributed by atoms with Crippen LogP contribution in [0.2, 0.25) is 0 Å².